The quantitative estimate of drug-likeness (QED) is 0.518. The molecule has 0 radical (unpaired) electrons. The van der Waals surface area contributed by atoms with Crippen LogP contribution in [0.3, 0.4) is 0 Å². The molecule has 0 aliphatic carbocycles. The summed E-state index contributed by atoms with van der Waals surface area (Å²) in [6.45, 7) is 5.92. The van der Waals surface area contributed by atoms with Crippen molar-refractivity contribution in [2.24, 2.45) is 0 Å². The van der Waals surface area contributed by atoms with Crippen LogP contribution >= 0.6 is 0 Å². The number of aromatic hydroxyl groups is 1. The third-order valence-electron chi connectivity index (χ3n) is 2.63. The zero-order valence-electron chi connectivity index (χ0n) is 11.7. The number of benzene rings is 2. The monoisotopic (exact) mass is 284 g/mol. The van der Waals surface area contributed by atoms with Gasteiger partial charge in [-0.3, -0.25) is 0 Å². The molecule has 2 aromatic rings. The highest BCUT2D eigenvalue weighted by Gasteiger charge is 2.14. The molecule has 0 heterocycles. The van der Waals surface area contributed by atoms with E-state index in [1.54, 1.807) is 30.3 Å². The molecular formula is C17H16O4. The Hall–Kier alpha value is -2.75. The maximum absolute atomic E-state index is 12.0. The molecule has 0 saturated carbocycles. The second-order valence-electron chi connectivity index (χ2n) is 4.63. The Labute approximate surface area is 123 Å². The summed E-state index contributed by atoms with van der Waals surface area (Å²) in [5.74, 6) is 0.0802. The number of hydrogen-bond donors (Lipinski definition) is 1. The minimum absolute atomic E-state index is 0.0847. The zero-order chi connectivity index (χ0) is 15.2. The third kappa shape index (κ3) is 4.11. The summed E-state index contributed by atoms with van der Waals surface area (Å²) in [6.07, 6.45) is 0. The van der Waals surface area contributed by atoms with Gasteiger partial charge in [-0.25, -0.2) is 4.79 Å². The van der Waals surface area contributed by atoms with Crippen molar-refractivity contribution in [1.29, 1.82) is 0 Å². The van der Waals surface area contributed by atoms with Gasteiger partial charge in [0.05, 0.1) is 0 Å². The van der Waals surface area contributed by atoms with E-state index in [0.717, 1.165) is 5.57 Å². The van der Waals surface area contributed by atoms with Crippen LogP contribution in [0.2, 0.25) is 0 Å². The molecule has 2 aromatic carbocycles. The summed E-state index contributed by atoms with van der Waals surface area (Å²) >= 11 is 0. The van der Waals surface area contributed by atoms with Gasteiger partial charge in [0.1, 0.15) is 29.4 Å². The molecule has 0 unspecified atom stereocenters. The fourth-order valence-corrected chi connectivity index (χ4v) is 1.63. The summed E-state index contributed by atoms with van der Waals surface area (Å²) < 4.78 is 10.6. The lowest BCUT2D eigenvalue weighted by Gasteiger charge is -2.09. The summed E-state index contributed by atoms with van der Waals surface area (Å²) in [6, 6.07) is 13.1. The van der Waals surface area contributed by atoms with Crippen molar-refractivity contribution >= 4 is 5.97 Å². The Morgan fingerprint density at radius 3 is 2.48 bits per heavy atom. The van der Waals surface area contributed by atoms with Crippen LogP contribution in [0.4, 0.5) is 0 Å². The van der Waals surface area contributed by atoms with Gasteiger partial charge in [-0.1, -0.05) is 24.8 Å². The first kappa shape index (κ1) is 14.7. The maximum Gasteiger partial charge on any atom is 0.347 e. The molecule has 0 aliphatic heterocycles. The molecule has 0 bridgehead atoms. The Balaban J connectivity index is 2.09. The number of phenolic OH excluding ortho intramolecular Hbond substituents is 1. The van der Waals surface area contributed by atoms with Gasteiger partial charge in [-0.15, -0.1) is 0 Å². The molecule has 0 aliphatic rings. The molecule has 4 nitrogen and oxygen atoms in total. The predicted octanol–water partition coefficient (Wildman–Crippen LogP) is 3.57. The SMILES string of the molecule is C=C(C)COc1ccc(C(=O)Oc2ccccc2)c(O)c1. The molecule has 108 valence electrons. The van der Waals surface area contributed by atoms with Crippen molar-refractivity contribution in [2.75, 3.05) is 6.61 Å². The van der Waals surface area contributed by atoms with E-state index >= 15 is 0 Å². The minimum Gasteiger partial charge on any atom is -0.507 e. The number of para-hydroxylation sites is 1. The van der Waals surface area contributed by atoms with E-state index in [0.29, 0.717) is 18.1 Å². The van der Waals surface area contributed by atoms with Crippen molar-refractivity contribution in [1.82, 2.24) is 0 Å². The fraction of sp³-hybridized carbons (Fsp3) is 0.118. The van der Waals surface area contributed by atoms with Gasteiger partial charge in [0.15, 0.2) is 0 Å². The van der Waals surface area contributed by atoms with E-state index in [-0.39, 0.29) is 11.3 Å². The molecule has 2 rings (SSSR count). The topological polar surface area (TPSA) is 55.8 Å². The lowest BCUT2D eigenvalue weighted by Crippen LogP contribution is -2.09. The average molecular weight is 284 g/mol. The summed E-state index contributed by atoms with van der Waals surface area (Å²) in [5, 5.41) is 9.90. The lowest BCUT2D eigenvalue weighted by atomic mass is 10.2. The van der Waals surface area contributed by atoms with Gasteiger partial charge in [-0.2, -0.15) is 0 Å². The lowest BCUT2D eigenvalue weighted by molar-refractivity contribution is 0.0731. The highest BCUT2D eigenvalue weighted by atomic mass is 16.5. The van der Waals surface area contributed by atoms with Gasteiger partial charge < -0.3 is 14.6 Å². The largest absolute Gasteiger partial charge is 0.507 e. The van der Waals surface area contributed by atoms with E-state index < -0.39 is 5.97 Å². The Bertz CT molecular complexity index is 647. The molecule has 0 aromatic heterocycles. The highest BCUT2D eigenvalue weighted by molar-refractivity contribution is 5.94. The standard InChI is InChI=1S/C17H16O4/c1-12(2)11-20-14-8-9-15(16(18)10-14)17(19)21-13-6-4-3-5-7-13/h3-10,18H,1,11H2,2H3. The van der Waals surface area contributed by atoms with Crippen molar-refractivity contribution in [2.45, 2.75) is 6.92 Å². The van der Waals surface area contributed by atoms with Crippen LogP contribution in [0.1, 0.15) is 17.3 Å². The Morgan fingerprint density at radius 1 is 1.14 bits per heavy atom. The number of hydrogen-bond acceptors (Lipinski definition) is 4. The van der Waals surface area contributed by atoms with Gasteiger partial charge >= 0.3 is 5.97 Å². The van der Waals surface area contributed by atoms with E-state index in [1.807, 2.05) is 13.0 Å². The van der Waals surface area contributed by atoms with Crippen LogP contribution in [-0.4, -0.2) is 17.7 Å². The summed E-state index contributed by atoms with van der Waals surface area (Å²) in [5.41, 5.74) is 0.948. The second-order valence-corrected chi connectivity index (χ2v) is 4.63. The van der Waals surface area contributed by atoms with Crippen LogP contribution in [0.25, 0.3) is 0 Å². The van der Waals surface area contributed by atoms with Crippen LogP contribution < -0.4 is 9.47 Å². The minimum atomic E-state index is -0.620. The number of carbonyl (C=O) groups excluding carboxylic acids is 1. The summed E-state index contributed by atoms with van der Waals surface area (Å²) in [4.78, 5) is 12.0. The van der Waals surface area contributed by atoms with Crippen molar-refractivity contribution < 1.29 is 19.4 Å². The first-order valence-corrected chi connectivity index (χ1v) is 6.43. The molecule has 0 spiro atoms. The first-order valence-electron chi connectivity index (χ1n) is 6.43. The van der Waals surface area contributed by atoms with Crippen molar-refractivity contribution in [3.63, 3.8) is 0 Å². The Morgan fingerprint density at radius 2 is 1.86 bits per heavy atom. The second kappa shape index (κ2) is 6.61. The molecular weight excluding hydrogens is 268 g/mol. The van der Waals surface area contributed by atoms with Gasteiger partial charge in [0.25, 0.3) is 0 Å². The highest BCUT2D eigenvalue weighted by Crippen LogP contribution is 2.25. The Kier molecular flexibility index (Phi) is 4.61. The van der Waals surface area contributed by atoms with Crippen molar-refractivity contribution in [3.8, 4) is 17.2 Å². The summed E-state index contributed by atoms with van der Waals surface area (Å²) in [7, 11) is 0. The van der Waals surface area contributed by atoms with E-state index in [9.17, 15) is 9.90 Å². The van der Waals surface area contributed by atoms with Crippen molar-refractivity contribution in [3.05, 3.63) is 66.2 Å². The number of phenols is 1. The molecule has 21 heavy (non-hydrogen) atoms. The van der Waals surface area contributed by atoms with E-state index in [1.165, 1.54) is 12.1 Å². The number of ether oxygens (including phenoxy) is 2. The fourth-order valence-electron chi connectivity index (χ4n) is 1.63. The van der Waals surface area contributed by atoms with Gasteiger partial charge in [0.2, 0.25) is 0 Å². The van der Waals surface area contributed by atoms with Crippen LogP contribution in [0, 0.1) is 0 Å². The molecule has 4 heteroatoms. The number of rotatable bonds is 5. The maximum atomic E-state index is 12.0. The van der Waals surface area contributed by atoms with Crippen LogP contribution in [0.15, 0.2) is 60.7 Å². The van der Waals surface area contributed by atoms with Gasteiger partial charge in [0, 0.05) is 6.07 Å². The number of carbonyl (C=O) groups is 1. The molecule has 0 saturated heterocycles. The average Bonchev–Trinajstić information content (AvgIpc) is 2.46. The zero-order valence-corrected chi connectivity index (χ0v) is 11.7. The predicted molar refractivity (Wildman–Crippen MR) is 79.8 cm³/mol. The molecule has 0 atom stereocenters. The normalized spacial score (nSPS) is 9.95. The molecule has 0 amide bonds. The third-order valence-corrected chi connectivity index (χ3v) is 2.63. The van der Waals surface area contributed by atoms with Crippen LogP contribution in [0.5, 0.6) is 17.2 Å². The van der Waals surface area contributed by atoms with Crippen LogP contribution in [-0.2, 0) is 0 Å². The smallest absolute Gasteiger partial charge is 0.347 e. The van der Waals surface area contributed by atoms with E-state index in [4.69, 9.17) is 9.47 Å². The molecule has 1 N–H and O–H groups in total. The van der Waals surface area contributed by atoms with E-state index in [2.05, 4.69) is 6.58 Å². The molecule has 0 fully saturated rings. The van der Waals surface area contributed by atoms with Gasteiger partial charge in [-0.05, 0) is 36.8 Å². The number of esters is 1. The first-order chi connectivity index (χ1) is 10.1.